The third-order valence-corrected chi connectivity index (χ3v) is 2.98. The van der Waals surface area contributed by atoms with Crippen LogP contribution in [0.5, 0.6) is 17.2 Å². The Bertz CT molecular complexity index is 610. The van der Waals surface area contributed by atoms with Crippen LogP contribution in [0.15, 0.2) is 48.5 Å². The monoisotopic (exact) mass is 287 g/mol. The number of ether oxygens (including phenoxy) is 2. The fraction of sp³-hybridized carbons (Fsp3) is 0.188. The zero-order valence-electron chi connectivity index (χ0n) is 11.7. The minimum absolute atomic E-state index is 0.119. The topological polar surface area (TPSA) is 81.8 Å². The van der Waals surface area contributed by atoms with E-state index in [0.717, 1.165) is 11.3 Å². The molecule has 0 heterocycles. The molecular formula is C16H17NO4. The van der Waals surface area contributed by atoms with Gasteiger partial charge in [-0.1, -0.05) is 12.1 Å². The van der Waals surface area contributed by atoms with Crippen molar-refractivity contribution in [1.82, 2.24) is 0 Å². The van der Waals surface area contributed by atoms with Gasteiger partial charge in [0.1, 0.15) is 17.2 Å². The van der Waals surface area contributed by atoms with Crippen LogP contribution in [-0.4, -0.2) is 18.2 Å². The summed E-state index contributed by atoms with van der Waals surface area (Å²) in [6.07, 6.45) is -0.119. The summed E-state index contributed by atoms with van der Waals surface area (Å²) in [5.74, 6) is 1.10. The van der Waals surface area contributed by atoms with E-state index in [-0.39, 0.29) is 6.42 Å². The van der Waals surface area contributed by atoms with E-state index >= 15 is 0 Å². The Balaban J connectivity index is 2.11. The first-order chi connectivity index (χ1) is 10.1. The van der Waals surface area contributed by atoms with E-state index in [1.165, 1.54) is 0 Å². The Morgan fingerprint density at radius 2 is 1.81 bits per heavy atom. The molecule has 0 unspecified atom stereocenters. The molecule has 0 spiro atoms. The zero-order chi connectivity index (χ0) is 15.2. The highest BCUT2D eigenvalue weighted by Crippen LogP contribution is 2.26. The van der Waals surface area contributed by atoms with Gasteiger partial charge in [-0.2, -0.15) is 0 Å². The molecule has 2 aromatic rings. The van der Waals surface area contributed by atoms with Gasteiger partial charge in [-0.05, 0) is 42.0 Å². The minimum Gasteiger partial charge on any atom is -0.497 e. The van der Waals surface area contributed by atoms with Crippen LogP contribution in [-0.2, 0) is 4.79 Å². The Morgan fingerprint density at radius 3 is 2.43 bits per heavy atom. The van der Waals surface area contributed by atoms with E-state index < -0.39 is 12.0 Å². The number of carbonyl (C=O) groups is 1. The Labute approximate surface area is 122 Å². The average Bonchev–Trinajstić information content (AvgIpc) is 2.47. The van der Waals surface area contributed by atoms with E-state index in [2.05, 4.69) is 0 Å². The molecule has 2 rings (SSSR count). The molecule has 3 N–H and O–H groups in total. The molecule has 0 fully saturated rings. The number of nitrogens with two attached hydrogens (primary N) is 1. The number of hydrogen-bond donors (Lipinski definition) is 2. The lowest BCUT2D eigenvalue weighted by molar-refractivity contribution is -0.137. The molecule has 2 aromatic carbocycles. The molecule has 0 radical (unpaired) electrons. The third-order valence-electron chi connectivity index (χ3n) is 2.98. The highest BCUT2D eigenvalue weighted by Gasteiger charge is 2.11. The van der Waals surface area contributed by atoms with Gasteiger partial charge < -0.3 is 20.3 Å². The molecule has 0 aromatic heterocycles. The molecule has 5 heteroatoms. The Kier molecular flexibility index (Phi) is 4.79. The van der Waals surface area contributed by atoms with Crippen LogP contribution < -0.4 is 15.2 Å². The molecule has 0 saturated heterocycles. The first-order valence-electron chi connectivity index (χ1n) is 6.47. The maximum absolute atomic E-state index is 10.7. The van der Waals surface area contributed by atoms with Crippen molar-refractivity contribution < 1.29 is 19.4 Å². The summed E-state index contributed by atoms with van der Waals surface area (Å²) in [4.78, 5) is 10.7. The smallest absolute Gasteiger partial charge is 0.305 e. The van der Waals surface area contributed by atoms with Crippen molar-refractivity contribution in [1.29, 1.82) is 0 Å². The minimum atomic E-state index is -0.927. The van der Waals surface area contributed by atoms with Crippen LogP contribution in [0.1, 0.15) is 18.0 Å². The van der Waals surface area contributed by atoms with E-state index in [1.54, 1.807) is 55.6 Å². The van der Waals surface area contributed by atoms with Crippen LogP contribution in [0, 0.1) is 0 Å². The molecule has 21 heavy (non-hydrogen) atoms. The zero-order valence-corrected chi connectivity index (χ0v) is 11.7. The van der Waals surface area contributed by atoms with Gasteiger partial charge in [0.2, 0.25) is 0 Å². The molecule has 5 nitrogen and oxygen atoms in total. The number of carboxylic acid groups (broad SMARTS) is 1. The predicted octanol–water partition coefficient (Wildman–Crippen LogP) is 2.96. The number of carboxylic acids is 1. The number of aliphatic carboxylic acids is 1. The quantitative estimate of drug-likeness (QED) is 0.853. The Morgan fingerprint density at radius 1 is 1.14 bits per heavy atom. The first-order valence-corrected chi connectivity index (χ1v) is 6.47. The lowest BCUT2D eigenvalue weighted by Crippen LogP contribution is -2.14. The molecule has 0 saturated carbocycles. The van der Waals surface area contributed by atoms with Crippen molar-refractivity contribution in [2.75, 3.05) is 7.11 Å². The van der Waals surface area contributed by atoms with Crippen molar-refractivity contribution >= 4 is 5.97 Å². The predicted molar refractivity (Wildman–Crippen MR) is 78.7 cm³/mol. The highest BCUT2D eigenvalue weighted by atomic mass is 16.5. The number of methoxy groups -OCH3 is 1. The van der Waals surface area contributed by atoms with Crippen LogP contribution in [0.25, 0.3) is 0 Å². The van der Waals surface area contributed by atoms with Crippen molar-refractivity contribution in [2.24, 2.45) is 5.73 Å². The molecule has 0 amide bonds. The van der Waals surface area contributed by atoms with Gasteiger partial charge in [-0.15, -0.1) is 0 Å². The van der Waals surface area contributed by atoms with Gasteiger partial charge in [-0.25, -0.2) is 0 Å². The normalized spacial score (nSPS) is 11.7. The second kappa shape index (κ2) is 6.76. The lowest BCUT2D eigenvalue weighted by Gasteiger charge is -2.12. The third kappa shape index (κ3) is 4.22. The fourth-order valence-corrected chi connectivity index (χ4v) is 1.89. The van der Waals surface area contributed by atoms with Gasteiger partial charge in [-0.3, -0.25) is 4.79 Å². The number of hydrogen-bond acceptors (Lipinski definition) is 4. The second-order valence-corrected chi connectivity index (χ2v) is 4.55. The fourth-order valence-electron chi connectivity index (χ4n) is 1.89. The standard InChI is InChI=1S/C16H17NO4/c1-20-12-5-7-13(8-6-12)21-14-4-2-3-11(9-14)15(17)10-16(18)19/h2-9,15H,10,17H2,1H3,(H,18,19)/t15-/m1/s1. The van der Waals surface area contributed by atoms with Crippen molar-refractivity contribution in [2.45, 2.75) is 12.5 Å². The summed E-state index contributed by atoms with van der Waals surface area (Å²) in [5, 5.41) is 8.78. The molecule has 0 aliphatic heterocycles. The lowest BCUT2D eigenvalue weighted by atomic mass is 10.0. The van der Waals surface area contributed by atoms with Crippen molar-refractivity contribution in [3.63, 3.8) is 0 Å². The summed E-state index contributed by atoms with van der Waals surface area (Å²) >= 11 is 0. The molecular weight excluding hydrogens is 270 g/mol. The number of benzene rings is 2. The summed E-state index contributed by atoms with van der Waals surface area (Å²) in [6.45, 7) is 0. The summed E-state index contributed by atoms with van der Waals surface area (Å²) in [7, 11) is 1.60. The second-order valence-electron chi connectivity index (χ2n) is 4.55. The van der Waals surface area contributed by atoms with Gasteiger partial charge in [0, 0.05) is 6.04 Å². The SMILES string of the molecule is COc1ccc(Oc2cccc([C@H](N)CC(=O)O)c2)cc1. The molecule has 0 bridgehead atoms. The summed E-state index contributed by atoms with van der Waals surface area (Å²) in [5.41, 5.74) is 6.57. The van der Waals surface area contributed by atoms with E-state index in [9.17, 15) is 4.79 Å². The average molecular weight is 287 g/mol. The van der Waals surface area contributed by atoms with Crippen LogP contribution in [0.3, 0.4) is 0 Å². The molecule has 0 aliphatic carbocycles. The van der Waals surface area contributed by atoms with E-state index in [0.29, 0.717) is 11.5 Å². The van der Waals surface area contributed by atoms with Gasteiger partial charge in [0.25, 0.3) is 0 Å². The van der Waals surface area contributed by atoms with Crippen molar-refractivity contribution in [3.05, 3.63) is 54.1 Å². The highest BCUT2D eigenvalue weighted by molar-refractivity contribution is 5.67. The maximum Gasteiger partial charge on any atom is 0.305 e. The Hall–Kier alpha value is -2.53. The summed E-state index contributed by atoms with van der Waals surface area (Å²) < 4.78 is 10.8. The molecule has 110 valence electrons. The van der Waals surface area contributed by atoms with Crippen molar-refractivity contribution in [3.8, 4) is 17.2 Å². The van der Waals surface area contributed by atoms with Crippen LogP contribution >= 0.6 is 0 Å². The summed E-state index contributed by atoms with van der Waals surface area (Å²) in [6, 6.07) is 13.8. The first kappa shape index (κ1) is 14.9. The van der Waals surface area contributed by atoms with Crippen LogP contribution in [0.2, 0.25) is 0 Å². The molecule has 0 aliphatic rings. The maximum atomic E-state index is 10.7. The number of rotatable bonds is 6. The molecule has 1 atom stereocenters. The van der Waals surface area contributed by atoms with Gasteiger partial charge in [0.15, 0.2) is 0 Å². The van der Waals surface area contributed by atoms with Gasteiger partial charge in [0.05, 0.1) is 13.5 Å². The van der Waals surface area contributed by atoms with Gasteiger partial charge >= 0.3 is 5.97 Å². The van der Waals surface area contributed by atoms with E-state index in [1.807, 2.05) is 0 Å². The van der Waals surface area contributed by atoms with Crippen LogP contribution in [0.4, 0.5) is 0 Å². The largest absolute Gasteiger partial charge is 0.497 e. The van der Waals surface area contributed by atoms with E-state index in [4.69, 9.17) is 20.3 Å².